The van der Waals surface area contributed by atoms with Crippen molar-refractivity contribution >= 4 is 50.0 Å². The first-order valence-electron chi connectivity index (χ1n) is 7.50. The summed E-state index contributed by atoms with van der Waals surface area (Å²) in [5, 5.41) is 9.49. The van der Waals surface area contributed by atoms with Crippen LogP contribution < -0.4 is 5.32 Å². The van der Waals surface area contributed by atoms with E-state index in [0.29, 0.717) is 33.7 Å². The van der Waals surface area contributed by atoms with Crippen molar-refractivity contribution in [2.24, 2.45) is 0 Å². The number of carbonyl (C=O) groups excluding carboxylic acids is 1. The lowest BCUT2D eigenvalue weighted by Crippen LogP contribution is -2.13. The lowest BCUT2D eigenvalue weighted by molar-refractivity contribution is 0.102. The van der Waals surface area contributed by atoms with Crippen LogP contribution in [-0.4, -0.2) is 16.0 Å². The number of thiophene rings is 1. The number of nitrogens with one attached hydrogen (secondary N) is 1. The highest BCUT2D eigenvalue weighted by Gasteiger charge is 2.20. The van der Waals surface area contributed by atoms with Crippen LogP contribution in [0.3, 0.4) is 0 Å². The van der Waals surface area contributed by atoms with Crippen molar-refractivity contribution in [3.63, 3.8) is 0 Å². The normalized spacial score (nSPS) is 11.0. The molecule has 7 heteroatoms. The minimum Gasteiger partial charge on any atom is -0.335 e. The number of aryl methyl sites for hydroxylation is 1. The Kier molecular flexibility index (Phi) is 4.10. The second kappa shape index (κ2) is 6.42. The van der Waals surface area contributed by atoms with Crippen LogP contribution in [0.4, 0.5) is 5.69 Å². The lowest BCUT2D eigenvalue weighted by atomic mass is 10.1. The van der Waals surface area contributed by atoms with Crippen LogP contribution in [0.2, 0.25) is 0 Å². The summed E-state index contributed by atoms with van der Waals surface area (Å²) in [7, 11) is 0. The number of para-hydroxylation sites is 1. The summed E-state index contributed by atoms with van der Waals surface area (Å²) >= 11 is 5.00. The van der Waals surface area contributed by atoms with E-state index in [0.717, 1.165) is 9.35 Å². The number of fused-ring (bicyclic) bond motifs is 1. The maximum atomic E-state index is 12.9. The molecular formula is C18H12BrN3O2S. The van der Waals surface area contributed by atoms with Gasteiger partial charge in [0, 0.05) is 4.47 Å². The first-order valence-corrected chi connectivity index (χ1v) is 9.17. The molecule has 25 heavy (non-hydrogen) atoms. The maximum Gasteiger partial charge on any atom is 0.259 e. The fourth-order valence-corrected chi connectivity index (χ4v) is 3.65. The van der Waals surface area contributed by atoms with Gasteiger partial charge in [-0.3, -0.25) is 4.79 Å². The Morgan fingerprint density at radius 1 is 1.24 bits per heavy atom. The molecule has 1 amide bonds. The third kappa shape index (κ3) is 2.96. The molecule has 0 bridgehead atoms. The molecule has 4 aromatic rings. The number of hydrogen-bond acceptors (Lipinski definition) is 5. The second-order valence-electron chi connectivity index (χ2n) is 5.41. The molecule has 0 aliphatic heterocycles. The first-order chi connectivity index (χ1) is 12.1. The Balaban J connectivity index is 1.83. The molecule has 0 atom stereocenters. The average molecular weight is 414 g/mol. The number of halogens is 1. The Hall–Kier alpha value is -2.51. The third-order valence-electron chi connectivity index (χ3n) is 3.76. The van der Waals surface area contributed by atoms with Gasteiger partial charge in [-0.15, -0.1) is 11.3 Å². The van der Waals surface area contributed by atoms with Gasteiger partial charge in [0.05, 0.1) is 32.9 Å². The van der Waals surface area contributed by atoms with E-state index >= 15 is 0 Å². The number of aromatic nitrogens is 2. The Morgan fingerprint density at radius 2 is 2.08 bits per heavy atom. The van der Waals surface area contributed by atoms with Gasteiger partial charge in [0.25, 0.3) is 11.6 Å². The van der Waals surface area contributed by atoms with Gasteiger partial charge in [-0.25, -0.2) is 4.98 Å². The number of pyridine rings is 1. The molecule has 0 saturated heterocycles. The van der Waals surface area contributed by atoms with Crippen LogP contribution in [0.25, 0.3) is 21.7 Å². The van der Waals surface area contributed by atoms with Gasteiger partial charge in [0.2, 0.25) is 0 Å². The Bertz CT molecular complexity index is 1070. The highest BCUT2D eigenvalue weighted by Crippen LogP contribution is 2.30. The average Bonchev–Trinajstić information content (AvgIpc) is 3.26. The Morgan fingerprint density at radius 3 is 2.84 bits per heavy atom. The molecule has 0 spiro atoms. The van der Waals surface area contributed by atoms with Gasteiger partial charge in [-0.05, 0) is 52.5 Å². The smallest absolute Gasteiger partial charge is 0.259 e. The number of hydrogen-bond donors (Lipinski definition) is 1. The SMILES string of the molecule is Cc1noc2nc(-c3cccs3)cc(C(=O)Nc3ccccc3Br)c12. The van der Waals surface area contributed by atoms with Crippen molar-refractivity contribution in [2.45, 2.75) is 6.92 Å². The van der Waals surface area contributed by atoms with Crippen molar-refractivity contribution in [2.75, 3.05) is 5.32 Å². The van der Waals surface area contributed by atoms with E-state index in [4.69, 9.17) is 4.52 Å². The molecule has 4 rings (SSSR count). The van der Waals surface area contributed by atoms with E-state index in [1.54, 1.807) is 24.3 Å². The summed E-state index contributed by atoms with van der Waals surface area (Å²) in [5.74, 6) is -0.233. The van der Waals surface area contributed by atoms with Crippen LogP contribution in [0, 0.1) is 6.92 Å². The molecule has 124 valence electrons. The highest BCUT2D eigenvalue weighted by molar-refractivity contribution is 9.10. The fraction of sp³-hybridized carbons (Fsp3) is 0.0556. The molecule has 3 aromatic heterocycles. The number of benzene rings is 1. The monoisotopic (exact) mass is 413 g/mol. The van der Waals surface area contributed by atoms with Gasteiger partial charge in [-0.1, -0.05) is 23.4 Å². The van der Waals surface area contributed by atoms with Crippen molar-refractivity contribution < 1.29 is 9.32 Å². The van der Waals surface area contributed by atoms with Gasteiger partial charge in [-0.2, -0.15) is 0 Å². The second-order valence-corrected chi connectivity index (χ2v) is 7.22. The third-order valence-corrected chi connectivity index (χ3v) is 5.34. The molecule has 0 saturated carbocycles. The van der Waals surface area contributed by atoms with Crippen molar-refractivity contribution in [3.8, 4) is 10.6 Å². The quantitative estimate of drug-likeness (QED) is 0.496. The molecule has 0 unspecified atom stereocenters. The zero-order valence-corrected chi connectivity index (χ0v) is 15.5. The van der Waals surface area contributed by atoms with Crippen LogP contribution in [0.15, 0.2) is 56.8 Å². The lowest BCUT2D eigenvalue weighted by Gasteiger charge is -2.09. The van der Waals surface area contributed by atoms with Gasteiger partial charge >= 0.3 is 0 Å². The van der Waals surface area contributed by atoms with Crippen molar-refractivity contribution in [3.05, 3.63) is 63.6 Å². The van der Waals surface area contributed by atoms with Gasteiger partial charge in [0.1, 0.15) is 0 Å². The summed E-state index contributed by atoms with van der Waals surface area (Å²) in [6, 6.07) is 13.1. The van der Waals surface area contributed by atoms with Crippen LogP contribution in [0.5, 0.6) is 0 Å². The van der Waals surface area contributed by atoms with E-state index in [-0.39, 0.29) is 5.91 Å². The predicted molar refractivity (Wildman–Crippen MR) is 102 cm³/mol. The van der Waals surface area contributed by atoms with Gasteiger partial charge < -0.3 is 9.84 Å². The van der Waals surface area contributed by atoms with Crippen LogP contribution in [-0.2, 0) is 0 Å². The Labute approximate surface area is 155 Å². The summed E-state index contributed by atoms with van der Waals surface area (Å²) in [4.78, 5) is 18.4. The molecule has 0 aliphatic carbocycles. The van der Waals surface area contributed by atoms with Crippen LogP contribution in [0.1, 0.15) is 16.1 Å². The predicted octanol–water partition coefficient (Wildman–Crippen LogP) is 5.27. The standard InChI is InChI=1S/C18H12BrN3O2S/c1-10-16-11(17(23)20-13-6-3-2-5-12(13)19)9-14(15-7-4-8-25-15)21-18(16)24-22-10/h2-9H,1H3,(H,20,23). The molecular weight excluding hydrogens is 402 g/mol. The van der Waals surface area contributed by atoms with E-state index < -0.39 is 0 Å². The van der Waals surface area contributed by atoms with Crippen molar-refractivity contribution in [1.29, 1.82) is 0 Å². The molecule has 5 nitrogen and oxygen atoms in total. The number of rotatable bonds is 3. The van der Waals surface area contributed by atoms with E-state index in [2.05, 4.69) is 31.4 Å². The van der Waals surface area contributed by atoms with E-state index in [9.17, 15) is 4.79 Å². The minimum absolute atomic E-state index is 0.233. The van der Waals surface area contributed by atoms with Gasteiger partial charge in [0.15, 0.2) is 0 Å². The number of carbonyl (C=O) groups is 1. The van der Waals surface area contributed by atoms with E-state index in [1.807, 2.05) is 41.8 Å². The number of anilines is 1. The first kappa shape index (κ1) is 16.0. The highest BCUT2D eigenvalue weighted by atomic mass is 79.9. The number of nitrogens with zero attached hydrogens (tertiary/aromatic N) is 2. The molecule has 0 aliphatic rings. The summed E-state index contributed by atoms with van der Waals surface area (Å²) in [6.45, 7) is 1.80. The zero-order valence-electron chi connectivity index (χ0n) is 13.1. The zero-order chi connectivity index (χ0) is 17.4. The fourth-order valence-electron chi connectivity index (χ4n) is 2.58. The topological polar surface area (TPSA) is 68.0 Å². The summed E-state index contributed by atoms with van der Waals surface area (Å²) in [6.07, 6.45) is 0. The largest absolute Gasteiger partial charge is 0.335 e. The summed E-state index contributed by atoms with van der Waals surface area (Å²) < 4.78 is 6.12. The van der Waals surface area contributed by atoms with E-state index in [1.165, 1.54) is 0 Å². The molecule has 1 N–H and O–H groups in total. The number of amides is 1. The maximum absolute atomic E-state index is 12.9. The molecule has 0 radical (unpaired) electrons. The summed E-state index contributed by atoms with van der Waals surface area (Å²) in [5.41, 5.74) is 2.88. The molecule has 3 heterocycles. The molecule has 1 aromatic carbocycles. The molecule has 0 fully saturated rings. The van der Waals surface area contributed by atoms with Crippen molar-refractivity contribution in [1.82, 2.24) is 10.1 Å². The van der Waals surface area contributed by atoms with Crippen LogP contribution >= 0.6 is 27.3 Å². The minimum atomic E-state index is -0.233.